The van der Waals surface area contributed by atoms with Crippen LogP contribution >= 0.6 is 0 Å². The number of hydrogen-bond donors (Lipinski definition) is 1. The molecule has 0 aliphatic carbocycles. The number of ether oxygens (including phenoxy) is 3. The summed E-state index contributed by atoms with van der Waals surface area (Å²) in [6.07, 6.45) is 0.214. The molecule has 1 atom stereocenters. The van der Waals surface area contributed by atoms with E-state index in [0.717, 1.165) is 5.56 Å². The fourth-order valence-electron chi connectivity index (χ4n) is 1.55. The van der Waals surface area contributed by atoms with Gasteiger partial charge in [-0.3, -0.25) is 0 Å². The molecule has 0 radical (unpaired) electrons. The van der Waals surface area contributed by atoms with Crippen LogP contribution in [0.15, 0.2) is 12.1 Å². The number of benzene rings is 1. The van der Waals surface area contributed by atoms with Gasteiger partial charge in [0.2, 0.25) is 0 Å². The molecule has 0 bridgehead atoms. The number of nitrogens with zero attached hydrogens (tertiary/aromatic N) is 1. The Bertz CT molecular complexity index is 426. The Hall–Kier alpha value is -1.93. The Kier molecular flexibility index (Phi) is 4.61. The Morgan fingerprint density at radius 3 is 2.12 bits per heavy atom. The fourth-order valence-corrected chi connectivity index (χ4v) is 1.55. The Morgan fingerprint density at radius 1 is 1.12 bits per heavy atom. The molecule has 0 aromatic heterocycles. The van der Waals surface area contributed by atoms with Crippen molar-refractivity contribution in [2.75, 3.05) is 21.3 Å². The number of hydrogen-bond acceptors (Lipinski definition) is 5. The molecule has 0 aliphatic rings. The van der Waals surface area contributed by atoms with Crippen LogP contribution in [0.5, 0.6) is 17.2 Å². The van der Waals surface area contributed by atoms with E-state index < -0.39 is 6.04 Å². The normalized spacial score (nSPS) is 11.5. The van der Waals surface area contributed by atoms with Crippen molar-refractivity contribution in [2.24, 2.45) is 5.73 Å². The van der Waals surface area contributed by atoms with Crippen molar-refractivity contribution in [1.82, 2.24) is 0 Å². The average Bonchev–Trinajstić information content (AvgIpc) is 2.37. The highest BCUT2D eigenvalue weighted by atomic mass is 16.5. The van der Waals surface area contributed by atoms with Gasteiger partial charge in [0.1, 0.15) is 5.75 Å². The van der Waals surface area contributed by atoms with Gasteiger partial charge in [-0.1, -0.05) is 0 Å². The van der Waals surface area contributed by atoms with Crippen molar-refractivity contribution in [3.8, 4) is 23.3 Å². The first-order valence-corrected chi connectivity index (χ1v) is 5.10. The van der Waals surface area contributed by atoms with Crippen molar-refractivity contribution >= 4 is 0 Å². The van der Waals surface area contributed by atoms with Crippen LogP contribution in [-0.4, -0.2) is 21.3 Å². The molecule has 5 nitrogen and oxygen atoms in total. The van der Waals surface area contributed by atoms with Gasteiger partial charge in [0.05, 0.1) is 33.8 Å². The first-order chi connectivity index (χ1) is 8.17. The van der Waals surface area contributed by atoms with Crippen LogP contribution in [0.1, 0.15) is 18.0 Å². The predicted octanol–water partition coefficient (Wildman–Crippen LogP) is 1.63. The Balaban J connectivity index is 3.24. The van der Waals surface area contributed by atoms with Crippen LogP contribution in [0, 0.1) is 11.3 Å². The molecule has 17 heavy (non-hydrogen) atoms. The molecule has 0 unspecified atom stereocenters. The van der Waals surface area contributed by atoms with Crippen LogP contribution in [0.3, 0.4) is 0 Å². The van der Waals surface area contributed by atoms with Crippen molar-refractivity contribution in [3.63, 3.8) is 0 Å². The van der Waals surface area contributed by atoms with E-state index in [1.807, 2.05) is 6.07 Å². The molecule has 0 saturated carbocycles. The topological polar surface area (TPSA) is 77.5 Å². The molecule has 2 N–H and O–H groups in total. The second-order valence-corrected chi connectivity index (χ2v) is 3.42. The first-order valence-electron chi connectivity index (χ1n) is 5.10. The van der Waals surface area contributed by atoms with Crippen molar-refractivity contribution in [2.45, 2.75) is 12.5 Å². The molecular formula is C12H16N2O3. The summed E-state index contributed by atoms with van der Waals surface area (Å²) in [5.74, 6) is 1.72. The summed E-state index contributed by atoms with van der Waals surface area (Å²) >= 11 is 0. The van der Waals surface area contributed by atoms with E-state index >= 15 is 0 Å². The molecule has 0 amide bonds. The molecule has 1 aromatic rings. The highest BCUT2D eigenvalue weighted by molar-refractivity contribution is 5.51. The third-order valence-corrected chi connectivity index (χ3v) is 2.45. The van der Waals surface area contributed by atoms with Crippen LogP contribution in [0.25, 0.3) is 0 Å². The van der Waals surface area contributed by atoms with Crippen LogP contribution in [0.2, 0.25) is 0 Å². The lowest BCUT2D eigenvalue weighted by Crippen LogP contribution is -2.11. The minimum absolute atomic E-state index is 0.214. The second kappa shape index (κ2) is 5.97. The van der Waals surface area contributed by atoms with Crippen LogP contribution in [-0.2, 0) is 0 Å². The van der Waals surface area contributed by atoms with Crippen LogP contribution in [0.4, 0.5) is 0 Å². The van der Waals surface area contributed by atoms with E-state index in [1.54, 1.807) is 33.5 Å². The maximum Gasteiger partial charge on any atom is 0.164 e. The zero-order chi connectivity index (χ0) is 12.8. The lowest BCUT2D eigenvalue weighted by atomic mass is 10.0. The highest BCUT2D eigenvalue weighted by Crippen LogP contribution is 2.37. The Labute approximate surface area is 101 Å². The van der Waals surface area contributed by atoms with Gasteiger partial charge in [-0.2, -0.15) is 5.26 Å². The molecule has 0 saturated heterocycles. The Morgan fingerprint density at radius 2 is 1.65 bits per heavy atom. The summed E-state index contributed by atoms with van der Waals surface area (Å²) in [7, 11) is 4.64. The molecule has 1 aromatic carbocycles. The maximum atomic E-state index is 8.66. The minimum atomic E-state index is -0.408. The van der Waals surface area contributed by atoms with E-state index in [4.69, 9.17) is 25.2 Å². The molecule has 0 fully saturated rings. The maximum absolute atomic E-state index is 8.66. The first kappa shape index (κ1) is 13.1. The number of nitrogens with two attached hydrogens (primary N) is 1. The van der Waals surface area contributed by atoms with E-state index in [2.05, 4.69) is 0 Å². The molecule has 0 spiro atoms. The lowest BCUT2D eigenvalue weighted by Gasteiger charge is -2.16. The zero-order valence-corrected chi connectivity index (χ0v) is 10.2. The van der Waals surface area contributed by atoms with Gasteiger partial charge < -0.3 is 19.9 Å². The van der Waals surface area contributed by atoms with Gasteiger partial charge in [0.15, 0.2) is 11.5 Å². The molecule has 1 rings (SSSR count). The summed E-state index contributed by atoms with van der Waals surface area (Å²) in [6.45, 7) is 0. The highest BCUT2D eigenvalue weighted by Gasteiger charge is 2.16. The summed E-state index contributed by atoms with van der Waals surface area (Å²) in [5.41, 5.74) is 6.63. The van der Waals surface area contributed by atoms with E-state index in [9.17, 15) is 0 Å². The van der Waals surface area contributed by atoms with E-state index in [-0.39, 0.29) is 6.42 Å². The smallest absolute Gasteiger partial charge is 0.164 e. The van der Waals surface area contributed by atoms with Gasteiger partial charge >= 0.3 is 0 Å². The lowest BCUT2D eigenvalue weighted by molar-refractivity contribution is 0.346. The van der Waals surface area contributed by atoms with Gasteiger partial charge in [-0.25, -0.2) is 0 Å². The molecular weight excluding hydrogens is 220 g/mol. The fraction of sp³-hybridized carbons (Fsp3) is 0.417. The molecule has 0 heterocycles. The summed E-state index contributed by atoms with van der Waals surface area (Å²) in [5, 5.41) is 8.66. The summed E-state index contributed by atoms with van der Waals surface area (Å²) in [4.78, 5) is 0. The number of nitriles is 1. The number of rotatable bonds is 5. The predicted molar refractivity (Wildman–Crippen MR) is 63.3 cm³/mol. The minimum Gasteiger partial charge on any atom is -0.496 e. The van der Waals surface area contributed by atoms with Gasteiger partial charge in [0.25, 0.3) is 0 Å². The zero-order valence-electron chi connectivity index (χ0n) is 10.2. The third kappa shape index (κ3) is 2.80. The SMILES string of the molecule is COc1cc(OC)c([C@H](N)CC#N)cc1OC. The summed E-state index contributed by atoms with van der Waals surface area (Å²) < 4.78 is 15.6. The van der Waals surface area contributed by atoms with E-state index in [0.29, 0.717) is 17.2 Å². The van der Waals surface area contributed by atoms with Crippen molar-refractivity contribution in [1.29, 1.82) is 5.26 Å². The molecule has 5 heteroatoms. The van der Waals surface area contributed by atoms with Crippen molar-refractivity contribution < 1.29 is 14.2 Å². The van der Waals surface area contributed by atoms with Crippen LogP contribution < -0.4 is 19.9 Å². The van der Waals surface area contributed by atoms with Gasteiger partial charge in [-0.05, 0) is 6.07 Å². The number of methoxy groups -OCH3 is 3. The second-order valence-electron chi connectivity index (χ2n) is 3.42. The standard InChI is InChI=1S/C12H16N2O3/c1-15-10-7-12(17-3)11(16-2)6-8(10)9(14)4-5-13/h6-7,9H,4,14H2,1-3H3/t9-/m1/s1. The van der Waals surface area contributed by atoms with E-state index in [1.165, 1.54) is 0 Å². The largest absolute Gasteiger partial charge is 0.496 e. The molecule has 92 valence electrons. The molecule has 0 aliphatic heterocycles. The van der Waals surface area contributed by atoms with Crippen molar-refractivity contribution in [3.05, 3.63) is 17.7 Å². The van der Waals surface area contributed by atoms with Gasteiger partial charge in [-0.15, -0.1) is 0 Å². The quantitative estimate of drug-likeness (QED) is 0.840. The third-order valence-electron chi connectivity index (χ3n) is 2.45. The summed E-state index contributed by atoms with van der Waals surface area (Å²) in [6, 6.07) is 5.06. The monoisotopic (exact) mass is 236 g/mol. The van der Waals surface area contributed by atoms with Gasteiger partial charge in [0, 0.05) is 17.7 Å². The average molecular weight is 236 g/mol.